The molecule has 5 nitrogen and oxygen atoms in total. The van der Waals surface area contributed by atoms with E-state index in [-0.39, 0.29) is 11.8 Å². The molecule has 1 aromatic heterocycles. The molecule has 1 amide bonds. The van der Waals surface area contributed by atoms with Crippen molar-refractivity contribution in [3.05, 3.63) is 18.0 Å². The molecule has 2 atom stereocenters. The second-order valence-corrected chi connectivity index (χ2v) is 4.79. The number of aromatic nitrogens is 2. The van der Waals surface area contributed by atoms with Gasteiger partial charge in [-0.2, -0.15) is 5.10 Å². The van der Waals surface area contributed by atoms with Crippen LogP contribution in [0.25, 0.3) is 0 Å². The van der Waals surface area contributed by atoms with Crippen LogP contribution in [0.3, 0.4) is 0 Å². The molecule has 5 heteroatoms. The molecule has 0 saturated carbocycles. The van der Waals surface area contributed by atoms with Gasteiger partial charge < -0.3 is 10.4 Å². The third-order valence-electron chi connectivity index (χ3n) is 3.14. The summed E-state index contributed by atoms with van der Waals surface area (Å²) in [4.78, 5) is 11.6. The van der Waals surface area contributed by atoms with Gasteiger partial charge in [-0.25, -0.2) is 0 Å². The van der Waals surface area contributed by atoms with Gasteiger partial charge in [0.15, 0.2) is 0 Å². The Morgan fingerprint density at radius 1 is 1.61 bits per heavy atom. The van der Waals surface area contributed by atoms with Crippen molar-refractivity contribution in [2.24, 2.45) is 5.92 Å². The van der Waals surface area contributed by atoms with Gasteiger partial charge in [0.1, 0.15) is 0 Å². The molecule has 0 aromatic carbocycles. The number of carbonyl (C=O) groups excluding carboxylic acids is 1. The summed E-state index contributed by atoms with van der Waals surface area (Å²) < 4.78 is 1.75. The van der Waals surface area contributed by atoms with Crippen LogP contribution in [-0.2, 0) is 11.3 Å². The Morgan fingerprint density at radius 2 is 2.33 bits per heavy atom. The number of hydrogen-bond acceptors (Lipinski definition) is 3. The Balaban J connectivity index is 2.22. The number of aliphatic hydroxyl groups is 1. The number of aryl methyl sites for hydroxylation is 2. The summed E-state index contributed by atoms with van der Waals surface area (Å²) in [5.74, 6) is 0.157. The van der Waals surface area contributed by atoms with Gasteiger partial charge in [0.25, 0.3) is 0 Å². The van der Waals surface area contributed by atoms with Gasteiger partial charge in [0.2, 0.25) is 5.91 Å². The molecule has 102 valence electrons. The molecule has 0 fully saturated rings. The van der Waals surface area contributed by atoms with E-state index in [0.717, 1.165) is 12.0 Å². The highest BCUT2D eigenvalue weighted by atomic mass is 16.3. The molecule has 0 radical (unpaired) electrons. The number of aliphatic hydroxyl groups excluding tert-OH is 1. The maximum atomic E-state index is 11.6. The average molecular weight is 253 g/mol. The Bertz CT molecular complexity index is 376. The highest BCUT2D eigenvalue weighted by molar-refractivity contribution is 5.75. The molecule has 1 heterocycles. The molecule has 2 N–H and O–H groups in total. The lowest BCUT2D eigenvalue weighted by Crippen LogP contribution is -2.35. The number of hydrogen-bond donors (Lipinski definition) is 2. The van der Waals surface area contributed by atoms with E-state index in [2.05, 4.69) is 10.4 Å². The monoisotopic (exact) mass is 253 g/mol. The zero-order valence-corrected chi connectivity index (χ0v) is 11.4. The van der Waals surface area contributed by atoms with E-state index in [1.54, 1.807) is 10.9 Å². The number of nitrogens with zero attached hydrogens (tertiary/aromatic N) is 2. The predicted octanol–water partition coefficient (Wildman–Crippen LogP) is 1.10. The molecule has 2 unspecified atom stereocenters. The first-order valence-corrected chi connectivity index (χ1v) is 6.46. The third kappa shape index (κ3) is 4.87. The summed E-state index contributed by atoms with van der Waals surface area (Å²) in [6.45, 7) is 6.86. The lowest BCUT2D eigenvalue weighted by molar-refractivity contribution is -0.122. The SMILES string of the molecule is CCC(C)C(O)CNC(=O)CCn1cc(C)cn1. The zero-order valence-electron chi connectivity index (χ0n) is 11.4. The molecule has 1 rings (SSSR count). The van der Waals surface area contributed by atoms with Gasteiger partial charge in [-0.1, -0.05) is 20.3 Å². The molecule has 0 bridgehead atoms. The molecule has 18 heavy (non-hydrogen) atoms. The van der Waals surface area contributed by atoms with E-state index < -0.39 is 6.10 Å². The summed E-state index contributed by atoms with van der Waals surface area (Å²) >= 11 is 0. The van der Waals surface area contributed by atoms with Crippen molar-refractivity contribution < 1.29 is 9.90 Å². The minimum atomic E-state index is -0.467. The Hall–Kier alpha value is -1.36. The van der Waals surface area contributed by atoms with Crippen molar-refractivity contribution in [1.29, 1.82) is 0 Å². The fourth-order valence-electron chi connectivity index (χ4n) is 1.59. The highest BCUT2D eigenvalue weighted by Crippen LogP contribution is 2.06. The first kappa shape index (κ1) is 14.7. The molecule has 0 saturated heterocycles. The third-order valence-corrected chi connectivity index (χ3v) is 3.14. The van der Waals surface area contributed by atoms with Crippen molar-refractivity contribution >= 4 is 5.91 Å². The van der Waals surface area contributed by atoms with Gasteiger partial charge >= 0.3 is 0 Å². The summed E-state index contributed by atoms with van der Waals surface area (Å²) in [7, 11) is 0. The van der Waals surface area contributed by atoms with Crippen LogP contribution >= 0.6 is 0 Å². The normalized spacial score (nSPS) is 14.2. The molecule has 1 aromatic rings. The van der Waals surface area contributed by atoms with Crippen LogP contribution in [0.2, 0.25) is 0 Å². The number of rotatable bonds is 7. The van der Waals surface area contributed by atoms with Crippen LogP contribution in [0, 0.1) is 12.8 Å². The minimum Gasteiger partial charge on any atom is -0.391 e. The second kappa shape index (κ2) is 7.16. The zero-order chi connectivity index (χ0) is 13.5. The van der Waals surface area contributed by atoms with Crippen LogP contribution in [0.4, 0.5) is 0 Å². The van der Waals surface area contributed by atoms with E-state index in [4.69, 9.17) is 0 Å². The quantitative estimate of drug-likeness (QED) is 0.765. The molecular weight excluding hydrogens is 230 g/mol. The second-order valence-electron chi connectivity index (χ2n) is 4.79. The molecule has 0 aliphatic heterocycles. The maximum absolute atomic E-state index is 11.6. The number of amides is 1. The topological polar surface area (TPSA) is 67.2 Å². The summed E-state index contributed by atoms with van der Waals surface area (Å²) in [5, 5.41) is 16.6. The van der Waals surface area contributed by atoms with E-state index in [9.17, 15) is 9.90 Å². The summed E-state index contributed by atoms with van der Waals surface area (Å²) in [6, 6.07) is 0. The Labute approximate surface area is 108 Å². The summed E-state index contributed by atoms with van der Waals surface area (Å²) in [5.41, 5.74) is 1.09. The van der Waals surface area contributed by atoms with Crippen LogP contribution in [0.15, 0.2) is 12.4 Å². The van der Waals surface area contributed by atoms with Gasteiger partial charge in [-0.05, 0) is 18.4 Å². The lowest BCUT2D eigenvalue weighted by Gasteiger charge is -2.17. The van der Waals surface area contributed by atoms with Crippen LogP contribution in [0.1, 0.15) is 32.3 Å². The lowest BCUT2D eigenvalue weighted by atomic mass is 10.0. The predicted molar refractivity (Wildman–Crippen MR) is 70.1 cm³/mol. The van der Waals surface area contributed by atoms with Crippen LogP contribution in [0.5, 0.6) is 0 Å². The minimum absolute atomic E-state index is 0.0505. The van der Waals surface area contributed by atoms with E-state index in [0.29, 0.717) is 19.5 Å². The largest absolute Gasteiger partial charge is 0.391 e. The fourth-order valence-corrected chi connectivity index (χ4v) is 1.59. The van der Waals surface area contributed by atoms with Crippen LogP contribution < -0.4 is 5.32 Å². The number of carbonyl (C=O) groups is 1. The maximum Gasteiger partial charge on any atom is 0.221 e. The Morgan fingerprint density at radius 3 is 2.89 bits per heavy atom. The van der Waals surface area contributed by atoms with Crippen molar-refractivity contribution in [3.8, 4) is 0 Å². The van der Waals surface area contributed by atoms with Gasteiger partial charge in [-0.15, -0.1) is 0 Å². The van der Waals surface area contributed by atoms with Crippen molar-refractivity contribution in [2.45, 2.75) is 46.3 Å². The van der Waals surface area contributed by atoms with Crippen LogP contribution in [-0.4, -0.2) is 33.4 Å². The van der Waals surface area contributed by atoms with Crippen molar-refractivity contribution in [1.82, 2.24) is 15.1 Å². The van der Waals surface area contributed by atoms with Gasteiger partial charge in [-0.3, -0.25) is 9.48 Å². The summed E-state index contributed by atoms with van der Waals surface area (Å²) in [6.07, 6.45) is 4.50. The van der Waals surface area contributed by atoms with E-state index >= 15 is 0 Å². The smallest absolute Gasteiger partial charge is 0.221 e. The molecule has 0 spiro atoms. The average Bonchev–Trinajstić information content (AvgIpc) is 2.78. The molecule has 0 aliphatic carbocycles. The van der Waals surface area contributed by atoms with E-state index in [1.807, 2.05) is 27.0 Å². The van der Waals surface area contributed by atoms with Gasteiger partial charge in [0, 0.05) is 25.7 Å². The van der Waals surface area contributed by atoms with Gasteiger partial charge in [0.05, 0.1) is 12.3 Å². The van der Waals surface area contributed by atoms with E-state index in [1.165, 1.54) is 0 Å². The highest BCUT2D eigenvalue weighted by Gasteiger charge is 2.13. The van der Waals surface area contributed by atoms with Crippen molar-refractivity contribution in [3.63, 3.8) is 0 Å². The molecular formula is C13H23N3O2. The number of nitrogens with one attached hydrogen (secondary N) is 1. The first-order chi connectivity index (χ1) is 8.52. The van der Waals surface area contributed by atoms with Crippen molar-refractivity contribution in [2.75, 3.05) is 6.54 Å². The molecule has 0 aliphatic rings. The Kier molecular flexibility index (Phi) is 5.85. The fraction of sp³-hybridized carbons (Fsp3) is 0.692. The first-order valence-electron chi connectivity index (χ1n) is 6.46. The standard InChI is InChI=1S/C13H23N3O2/c1-4-11(3)12(17)8-14-13(18)5-6-16-9-10(2)7-15-16/h7,9,11-12,17H,4-6,8H2,1-3H3,(H,14,18).